The van der Waals surface area contributed by atoms with Crippen molar-refractivity contribution < 1.29 is 23.9 Å². The van der Waals surface area contributed by atoms with Crippen molar-refractivity contribution in [2.24, 2.45) is 5.73 Å². The number of nitrogens with one attached hydrogen (secondary N) is 2. The Labute approximate surface area is 114 Å². The van der Waals surface area contributed by atoms with Gasteiger partial charge in [0, 0.05) is 0 Å². The fourth-order valence-electron chi connectivity index (χ4n) is 1.45. The minimum Gasteiger partial charge on any atom is -0.480 e. The van der Waals surface area contributed by atoms with E-state index in [1.807, 2.05) is 5.32 Å². The van der Waals surface area contributed by atoms with Crippen molar-refractivity contribution in [3.8, 4) is 0 Å². The highest BCUT2D eigenvalue weighted by atomic mass is 19.1. The number of anilines is 1. The van der Waals surface area contributed by atoms with Crippen molar-refractivity contribution >= 4 is 23.6 Å². The molecule has 7 nitrogen and oxygen atoms in total. The van der Waals surface area contributed by atoms with E-state index in [0.717, 1.165) is 0 Å². The SMILES string of the molecule is Cc1ccc(F)c(NC(=O)N[C@@H](CC(N)=O)C(=O)O)c1. The highest BCUT2D eigenvalue weighted by molar-refractivity contribution is 5.93. The zero-order valence-electron chi connectivity index (χ0n) is 10.6. The smallest absolute Gasteiger partial charge is 0.326 e. The van der Waals surface area contributed by atoms with Gasteiger partial charge in [0.2, 0.25) is 5.91 Å². The first-order chi connectivity index (χ1) is 9.29. The number of hydrogen-bond acceptors (Lipinski definition) is 3. The number of carboxylic acid groups (broad SMARTS) is 1. The predicted molar refractivity (Wildman–Crippen MR) is 68.5 cm³/mol. The standard InChI is InChI=1S/C12H14FN3O4/c1-6-2-3-7(13)8(4-6)15-12(20)16-9(11(18)19)5-10(14)17/h2-4,9H,5H2,1H3,(H2,14,17)(H,18,19)(H2,15,16,20)/t9-/m0/s1. The van der Waals surface area contributed by atoms with Gasteiger partial charge >= 0.3 is 12.0 Å². The lowest BCUT2D eigenvalue weighted by molar-refractivity contribution is -0.140. The summed E-state index contributed by atoms with van der Waals surface area (Å²) in [6.45, 7) is 1.70. The average molecular weight is 283 g/mol. The molecule has 0 saturated heterocycles. The van der Waals surface area contributed by atoms with Crippen LogP contribution >= 0.6 is 0 Å². The maximum atomic E-state index is 13.4. The normalized spacial score (nSPS) is 11.5. The van der Waals surface area contributed by atoms with E-state index < -0.39 is 36.2 Å². The van der Waals surface area contributed by atoms with Gasteiger partial charge in [-0.25, -0.2) is 14.0 Å². The van der Waals surface area contributed by atoms with Gasteiger partial charge in [-0.1, -0.05) is 6.07 Å². The molecule has 8 heteroatoms. The summed E-state index contributed by atoms with van der Waals surface area (Å²) in [4.78, 5) is 33.1. The summed E-state index contributed by atoms with van der Waals surface area (Å²) in [5, 5.41) is 13.0. The van der Waals surface area contributed by atoms with E-state index >= 15 is 0 Å². The number of rotatable bonds is 5. The third-order valence-corrected chi connectivity index (χ3v) is 2.38. The lowest BCUT2D eigenvalue weighted by Gasteiger charge is -2.14. The molecule has 0 spiro atoms. The molecule has 1 atom stereocenters. The van der Waals surface area contributed by atoms with Crippen molar-refractivity contribution in [1.29, 1.82) is 0 Å². The molecule has 108 valence electrons. The van der Waals surface area contributed by atoms with Gasteiger partial charge in [-0.15, -0.1) is 0 Å². The van der Waals surface area contributed by atoms with Crippen LogP contribution < -0.4 is 16.4 Å². The van der Waals surface area contributed by atoms with E-state index in [9.17, 15) is 18.8 Å². The number of hydrogen-bond donors (Lipinski definition) is 4. The third kappa shape index (κ3) is 4.56. The van der Waals surface area contributed by atoms with Gasteiger partial charge in [-0.2, -0.15) is 0 Å². The first-order valence-electron chi connectivity index (χ1n) is 5.64. The van der Waals surface area contributed by atoms with Crippen LogP contribution in [0.3, 0.4) is 0 Å². The number of benzene rings is 1. The van der Waals surface area contributed by atoms with E-state index in [1.54, 1.807) is 6.92 Å². The largest absolute Gasteiger partial charge is 0.480 e. The molecule has 0 saturated carbocycles. The number of amides is 3. The van der Waals surface area contributed by atoms with Crippen molar-refractivity contribution in [3.05, 3.63) is 29.6 Å². The number of primary amides is 1. The van der Waals surface area contributed by atoms with Gasteiger partial charge in [0.05, 0.1) is 12.1 Å². The molecule has 20 heavy (non-hydrogen) atoms. The van der Waals surface area contributed by atoms with Gasteiger partial charge in [0.15, 0.2) is 0 Å². The van der Waals surface area contributed by atoms with Gasteiger partial charge in [-0.05, 0) is 24.6 Å². The van der Waals surface area contributed by atoms with E-state index in [4.69, 9.17) is 10.8 Å². The molecule has 1 aromatic carbocycles. The summed E-state index contributed by atoms with van der Waals surface area (Å²) >= 11 is 0. The highest BCUT2D eigenvalue weighted by Gasteiger charge is 2.22. The summed E-state index contributed by atoms with van der Waals surface area (Å²) in [6, 6.07) is 1.66. The minimum atomic E-state index is -1.47. The molecule has 0 bridgehead atoms. The number of aliphatic carboxylic acids is 1. The quantitative estimate of drug-likeness (QED) is 0.631. The molecule has 5 N–H and O–H groups in total. The van der Waals surface area contributed by atoms with Crippen LogP contribution in [0.2, 0.25) is 0 Å². The van der Waals surface area contributed by atoms with Crippen LogP contribution in [0.15, 0.2) is 18.2 Å². The number of carboxylic acids is 1. The number of nitrogens with two attached hydrogens (primary N) is 1. The number of urea groups is 1. The van der Waals surface area contributed by atoms with Crippen LogP contribution in [-0.4, -0.2) is 29.1 Å². The molecule has 0 aliphatic rings. The Bertz CT molecular complexity index is 548. The lowest BCUT2D eigenvalue weighted by atomic mass is 10.2. The zero-order chi connectivity index (χ0) is 15.3. The average Bonchev–Trinajstić information content (AvgIpc) is 2.32. The second-order valence-corrected chi connectivity index (χ2v) is 4.14. The third-order valence-electron chi connectivity index (χ3n) is 2.38. The molecule has 0 aromatic heterocycles. The number of aryl methyl sites for hydroxylation is 1. The first kappa shape index (κ1) is 15.4. The van der Waals surface area contributed by atoms with Crippen LogP contribution in [-0.2, 0) is 9.59 Å². The Hall–Kier alpha value is -2.64. The molecule has 0 fully saturated rings. The zero-order valence-corrected chi connectivity index (χ0v) is 10.6. The molecule has 0 aliphatic carbocycles. The monoisotopic (exact) mass is 283 g/mol. The van der Waals surface area contributed by atoms with E-state index in [0.29, 0.717) is 5.56 Å². The van der Waals surface area contributed by atoms with Crippen LogP contribution in [0.4, 0.5) is 14.9 Å². The maximum absolute atomic E-state index is 13.4. The Morgan fingerprint density at radius 3 is 2.60 bits per heavy atom. The fourth-order valence-corrected chi connectivity index (χ4v) is 1.45. The molecule has 1 aromatic rings. The Kier molecular flexibility index (Phi) is 5.01. The van der Waals surface area contributed by atoms with E-state index in [-0.39, 0.29) is 5.69 Å². The van der Waals surface area contributed by atoms with E-state index in [2.05, 4.69) is 5.32 Å². The van der Waals surface area contributed by atoms with Crippen molar-refractivity contribution in [3.63, 3.8) is 0 Å². The molecule has 0 unspecified atom stereocenters. The van der Waals surface area contributed by atoms with E-state index in [1.165, 1.54) is 18.2 Å². The summed E-state index contributed by atoms with van der Waals surface area (Å²) in [5.74, 6) is -2.95. The second kappa shape index (κ2) is 6.50. The van der Waals surface area contributed by atoms with Gasteiger partial charge < -0.3 is 21.5 Å². The number of carbonyl (C=O) groups is 3. The van der Waals surface area contributed by atoms with Crippen molar-refractivity contribution in [2.45, 2.75) is 19.4 Å². The summed E-state index contributed by atoms with van der Waals surface area (Å²) in [6.07, 6.45) is -0.556. The molecular weight excluding hydrogens is 269 g/mol. The Morgan fingerprint density at radius 1 is 1.40 bits per heavy atom. The van der Waals surface area contributed by atoms with Gasteiger partial charge in [0.1, 0.15) is 11.9 Å². The minimum absolute atomic E-state index is 0.0919. The van der Waals surface area contributed by atoms with Crippen LogP contribution in [0.25, 0.3) is 0 Å². The number of carbonyl (C=O) groups excluding carboxylic acids is 2. The summed E-state index contributed by atoms with van der Waals surface area (Å²) < 4.78 is 13.4. The molecule has 3 amide bonds. The Morgan fingerprint density at radius 2 is 2.05 bits per heavy atom. The van der Waals surface area contributed by atoms with Crippen molar-refractivity contribution in [2.75, 3.05) is 5.32 Å². The highest BCUT2D eigenvalue weighted by Crippen LogP contribution is 2.15. The molecule has 1 rings (SSSR count). The summed E-state index contributed by atoms with van der Waals surface area (Å²) in [7, 11) is 0. The molecule has 0 aliphatic heterocycles. The Balaban J connectivity index is 2.72. The summed E-state index contributed by atoms with van der Waals surface area (Å²) in [5.41, 5.74) is 5.49. The van der Waals surface area contributed by atoms with Gasteiger partial charge in [0.25, 0.3) is 0 Å². The topological polar surface area (TPSA) is 122 Å². The number of halogens is 1. The van der Waals surface area contributed by atoms with Crippen LogP contribution in [0, 0.1) is 12.7 Å². The fraction of sp³-hybridized carbons (Fsp3) is 0.250. The maximum Gasteiger partial charge on any atom is 0.326 e. The van der Waals surface area contributed by atoms with Crippen LogP contribution in [0.5, 0.6) is 0 Å². The molecular formula is C12H14FN3O4. The second-order valence-electron chi connectivity index (χ2n) is 4.14. The first-order valence-corrected chi connectivity index (χ1v) is 5.64. The van der Waals surface area contributed by atoms with Gasteiger partial charge in [-0.3, -0.25) is 4.79 Å². The lowest BCUT2D eigenvalue weighted by Crippen LogP contribution is -2.45. The molecule has 0 heterocycles. The predicted octanol–water partition coefficient (Wildman–Crippen LogP) is 0.584. The van der Waals surface area contributed by atoms with Crippen molar-refractivity contribution in [1.82, 2.24) is 5.32 Å². The van der Waals surface area contributed by atoms with Crippen LogP contribution in [0.1, 0.15) is 12.0 Å². The molecule has 0 radical (unpaired) electrons.